The molecule has 0 aliphatic carbocycles. The first-order valence-electron chi connectivity index (χ1n) is 5.90. The summed E-state index contributed by atoms with van der Waals surface area (Å²) < 4.78 is 14.2. The van der Waals surface area contributed by atoms with E-state index in [0.29, 0.717) is 5.04 Å². The molecule has 0 aromatic carbocycles. The highest BCUT2D eigenvalue weighted by atomic mass is 28.4. The monoisotopic (exact) mass is 248 g/mol. The van der Waals surface area contributed by atoms with Gasteiger partial charge in [0.2, 0.25) is 8.41 Å². The third-order valence-corrected chi connectivity index (χ3v) is 14.1. The maximum atomic E-state index is 14.2. The minimum Gasteiger partial charge on any atom is -0.314 e. The summed E-state index contributed by atoms with van der Waals surface area (Å²) in [4.78, 5) is 0. The summed E-state index contributed by atoms with van der Waals surface area (Å²) in [5.41, 5.74) is 0. The Morgan fingerprint density at radius 1 is 0.867 bits per heavy atom. The molecule has 0 rings (SSSR count). The predicted molar refractivity (Wildman–Crippen MR) is 74.6 cm³/mol. The SMILES string of the molecule is CC(C)(C[Si](C)(C)C(C)(C)C)[Si](C)(C)F. The van der Waals surface area contributed by atoms with Crippen LogP contribution >= 0.6 is 0 Å². The van der Waals surface area contributed by atoms with Crippen molar-refractivity contribution in [2.45, 2.75) is 76.9 Å². The van der Waals surface area contributed by atoms with Crippen LogP contribution in [-0.2, 0) is 0 Å². The molecule has 0 radical (unpaired) electrons. The van der Waals surface area contributed by atoms with Gasteiger partial charge >= 0.3 is 0 Å². The van der Waals surface area contributed by atoms with Gasteiger partial charge in [-0.3, -0.25) is 0 Å². The number of halogens is 1. The van der Waals surface area contributed by atoms with Crippen molar-refractivity contribution in [3.63, 3.8) is 0 Å². The van der Waals surface area contributed by atoms with Gasteiger partial charge in [-0.25, -0.2) is 0 Å². The van der Waals surface area contributed by atoms with Gasteiger partial charge in [-0.15, -0.1) is 0 Å². The van der Waals surface area contributed by atoms with Crippen LogP contribution in [0.15, 0.2) is 0 Å². The lowest BCUT2D eigenvalue weighted by atomic mass is 10.2. The summed E-state index contributed by atoms with van der Waals surface area (Å²) in [5.74, 6) is 0. The van der Waals surface area contributed by atoms with Crippen molar-refractivity contribution in [2.75, 3.05) is 0 Å². The number of rotatable bonds is 3. The Morgan fingerprint density at radius 2 is 1.20 bits per heavy atom. The van der Waals surface area contributed by atoms with Crippen LogP contribution in [-0.4, -0.2) is 16.5 Å². The van der Waals surface area contributed by atoms with E-state index in [-0.39, 0.29) is 5.04 Å². The van der Waals surface area contributed by atoms with Crippen LogP contribution in [0.2, 0.25) is 42.3 Å². The van der Waals surface area contributed by atoms with Crippen LogP contribution in [0, 0.1) is 0 Å². The minimum atomic E-state index is -2.54. The fourth-order valence-corrected chi connectivity index (χ4v) is 7.33. The molecular formula is C12H29FSi2. The molecule has 0 aromatic rings. The largest absolute Gasteiger partial charge is 0.314 e. The van der Waals surface area contributed by atoms with E-state index in [1.807, 2.05) is 13.1 Å². The van der Waals surface area contributed by atoms with E-state index < -0.39 is 16.5 Å². The van der Waals surface area contributed by atoms with E-state index in [1.54, 1.807) is 0 Å². The maximum absolute atomic E-state index is 14.2. The fourth-order valence-electron chi connectivity index (χ4n) is 1.58. The molecule has 0 spiro atoms. The van der Waals surface area contributed by atoms with Crippen molar-refractivity contribution in [3.05, 3.63) is 0 Å². The molecule has 0 bridgehead atoms. The van der Waals surface area contributed by atoms with Crippen molar-refractivity contribution in [1.82, 2.24) is 0 Å². The van der Waals surface area contributed by atoms with Gasteiger partial charge in [0.15, 0.2) is 0 Å². The first kappa shape index (κ1) is 15.4. The summed E-state index contributed by atoms with van der Waals surface area (Å²) in [6, 6.07) is 1.10. The van der Waals surface area contributed by atoms with E-state index in [1.165, 1.54) is 0 Å². The fraction of sp³-hybridized carbons (Fsp3) is 1.00. The standard InChI is InChI=1S/C12H29FSi2/c1-11(2,3)14(6,7)10-12(4,5)15(8,9)13/h10H2,1-9H3. The molecule has 0 unspecified atom stereocenters. The van der Waals surface area contributed by atoms with Crippen molar-refractivity contribution in [1.29, 1.82) is 0 Å². The number of hydrogen-bond acceptors (Lipinski definition) is 0. The Labute approximate surface area is 97.9 Å². The lowest BCUT2D eigenvalue weighted by Crippen LogP contribution is -2.45. The van der Waals surface area contributed by atoms with Crippen LogP contribution in [0.3, 0.4) is 0 Å². The van der Waals surface area contributed by atoms with Crippen LogP contribution in [0.25, 0.3) is 0 Å². The molecule has 0 aliphatic rings. The van der Waals surface area contributed by atoms with Gasteiger partial charge in [0, 0.05) is 0 Å². The third kappa shape index (κ3) is 3.70. The van der Waals surface area contributed by atoms with Crippen molar-refractivity contribution in [3.8, 4) is 0 Å². The van der Waals surface area contributed by atoms with Crippen LogP contribution in [0.4, 0.5) is 4.11 Å². The molecule has 0 saturated heterocycles. The summed E-state index contributed by atoms with van der Waals surface area (Å²) in [6.07, 6.45) is 0. The molecule has 0 aliphatic heterocycles. The van der Waals surface area contributed by atoms with E-state index in [9.17, 15) is 4.11 Å². The Bertz CT molecular complexity index is 195. The first-order chi connectivity index (χ1) is 6.21. The minimum absolute atomic E-state index is 0.0873. The zero-order valence-corrected chi connectivity index (χ0v) is 14.1. The molecule has 0 aromatic heterocycles. The molecule has 92 valence electrons. The lowest BCUT2D eigenvalue weighted by molar-refractivity contribution is 0.598. The van der Waals surface area contributed by atoms with E-state index in [4.69, 9.17) is 0 Å². The van der Waals surface area contributed by atoms with E-state index in [2.05, 4.69) is 47.7 Å². The first-order valence-corrected chi connectivity index (χ1v) is 12.0. The summed E-state index contributed by atoms with van der Waals surface area (Å²) >= 11 is 0. The van der Waals surface area contributed by atoms with Crippen LogP contribution in [0.1, 0.15) is 34.6 Å². The second-order valence-electron chi connectivity index (χ2n) is 7.67. The van der Waals surface area contributed by atoms with Gasteiger partial charge in [0.25, 0.3) is 0 Å². The Morgan fingerprint density at radius 3 is 1.40 bits per heavy atom. The topological polar surface area (TPSA) is 0 Å². The average Bonchev–Trinajstić information content (AvgIpc) is 1.77. The summed E-state index contributed by atoms with van der Waals surface area (Å²) in [5, 5.41) is 0.278. The van der Waals surface area contributed by atoms with Gasteiger partial charge in [-0.2, -0.15) is 0 Å². The molecule has 0 atom stereocenters. The highest BCUT2D eigenvalue weighted by Crippen LogP contribution is 2.51. The number of hydrogen-bond donors (Lipinski definition) is 0. The van der Waals surface area contributed by atoms with Crippen molar-refractivity contribution < 1.29 is 4.11 Å². The van der Waals surface area contributed by atoms with Gasteiger partial charge in [0.05, 0.1) is 8.07 Å². The van der Waals surface area contributed by atoms with Gasteiger partial charge in [0.1, 0.15) is 0 Å². The molecule has 0 fully saturated rings. The Balaban J connectivity index is 4.89. The predicted octanol–water partition coefficient (Wildman–Crippen LogP) is 5.45. The van der Waals surface area contributed by atoms with Crippen LogP contribution < -0.4 is 0 Å². The van der Waals surface area contributed by atoms with E-state index >= 15 is 0 Å². The highest BCUT2D eigenvalue weighted by Gasteiger charge is 2.47. The van der Waals surface area contributed by atoms with Crippen molar-refractivity contribution in [2.24, 2.45) is 0 Å². The molecule has 0 saturated carbocycles. The van der Waals surface area contributed by atoms with Gasteiger partial charge in [-0.1, -0.05) is 53.8 Å². The normalized spacial score (nSPS) is 15.6. The second-order valence-corrected chi connectivity index (χ2v) is 17.6. The molecule has 0 amide bonds. The second kappa shape index (κ2) is 3.99. The molecule has 0 N–H and O–H groups in total. The Kier molecular flexibility index (Phi) is 4.08. The molecular weight excluding hydrogens is 219 g/mol. The van der Waals surface area contributed by atoms with Crippen LogP contribution in [0.5, 0.6) is 0 Å². The summed E-state index contributed by atoms with van der Waals surface area (Å²) in [6.45, 7) is 19.7. The van der Waals surface area contributed by atoms with Gasteiger partial charge < -0.3 is 4.11 Å². The molecule has 3 heteroatoms. The maximum Gasteiger partial charge on any atom is 0.246 e. The average molecular weight is 249 g/mol. The zero-order valence-electron chi connectivity index (χ0n) is 12.1. The lowest BCUT2D eigenvalue weighted by Gasteiger charge is -2.45. The van der Waals surface area contributed by atoms with E-state index in [0.717, 1.165) is 6.04 Å². The van der Waals surface area contributed by atoms with Gasteiger partial charge in [-0.05, 0) is 23.2 Å². The summed E-state index contributed by atoms with van der Waals surface area (Å²) in [7, 11) is -3.89. The Hall–Kier alpha value is 0.364. The molecule has 0 heterocycles. The zero-order chi connectivity index (χ0) is 12.7. The molecule has 0 nitrogen and oxygen atoms in total. The van der Waals surface area contributed by atoms with Crippen molar-refractivity contribution >= 4 is 16.5 Å². The highest BCUT2D eigenvalue weighted by molar-refractivity contribution is 6.83. The molecule has 15 heavy (non-hydrogen) atoms. The third-order valence-electron chi connectivity index (χ3n) is 4.52. The smallest absolute Gasteiger partial charge is 0.246 e. The quantitative estimate of drug-likeness (QED) is 0.460.